The summed E-state index contributed by atoms with van der Waals surface area (Å²) in [6.45, 7) is 11.0. The second-order valence-electron chi connectivity index (χ2n) is 12.0. The van der Waals surface area contributed by atoms with E-state index in [-0.39, 0.29) is 11.5 Å². The average molecular weight is 600 g/mol. The van der Waals surface area contributed by atoms with Crippen molar-refractivity contribution in [3.8, 4) is 22.5 Å². The summed E-state index contributed by atoms with van der Waals surface area (Å²) in [4.78, 5) is 36.7. The number of benzene rings is 2. The van der Waals surface area contributed by atoms with Crippen molar-refractivity contribution >= 4 is 17.2 Å². The predicted octanol–water partition coefficient (Wildman–Crippen LogP) is 6.37. The van der Waals surface area contributed by atoms with E-state index in [1.807, 2.05) is 53.1 Å². The Kier molecular flexibility index (Phi) is 9.70. The number of unbranched alkanes of at least 4 members (excludes halogenated alkanes) is 1. The lowest BCUT2D eigenvalue weighted by Crippen LogP contribution is -2.41. The number of likely N-dealkylation sites (tertiary alicyclic amines) is 1. The normalized spacial score (nSPS) is 15.3. The highest BCUT2D eigenvalue weighted by Crippen LogP contribution is 2.30. The standard InChI is InChI=1S/C34H41N5O3S/c1-5-6-13-29-35-31(22(2)3)28(19-30(43)38-18-9-10-23(4)20-38)33(40)39(29)21-24-14-16-25(17-15-24)26-11-7-8-12-27(26)32-36-34(41)42-37-32/h7-8,11-12,14-17,22-23H,5-6,9-10,13,18-21H2,1-4H3,(H,36,37,41). The predicted molar refractivity (Wildman–Crippen MR) is 175 cm³/mol. The van der Waals surface area contributed by atoms with Gasteiger partial charge in [0.1, 0.15) is 5.82 Å². The van der Waals surface area contributed by atoms with Gasteiger partial charge in [-0.05, 0) is 47.8 Å². The average Bonchev–Trinajstić information content (AvgIpc) is 3.44. The van der Waals surface area contributed by atoms with Crippen LogP contribution in [0, 0.1) is 5.92 Å². The third-order valence-electron chi connectivity index (χ3n) is 8.24. The van der Waals surface area contributed by atoms with Crippen molar-refractivity contribution in [3.63, 3.8) is 0 Å². The Labute approximate surface area is 258 Å². The minimum atomic E-state index is -0.591. The van der Waals surface area contributed by atoms with E-state index in [2.05, 4.69) is 42.7 Å². The van der Waals surface area contributed by atoms with E-state index in [4.69, 9.17) is 21.7 Å². The quantitative estimate of drug-likeness (QED) is 0.212. The van der Waals surface area contributed by atoms with E-state index in [0.717, 1.165) is 83.1 Å². The van der Waals surface area contributed by atoms with Gasteiger partial charge in [0.05, 0.1) is 17.2 Å². The van der Waals surface area contributed by atoms with E-state index in [1.54, 1.807) is 0 Å². The zero-order valence-corrected chi connectivity index (χ0v) is 26.4. The number of piperidine rings is 1. The van der Waals surface area contributed by atoms with Crippen LogP contribution in [0.4, 0.5) is 0 Å². The number of aromatic nitrogens is 4. The molecule has 1 aliphatic heterocycles. The van der Waals surface area contributed by atoms with Gasteiger partial charge in [0.15, 0.2) is 5.82 Å². The van der Waals surface area contributed by atoms with Crippen LogP contribution in [-0.4, -0.2) is 42.7 Å². The number of H-pyrrole nitrogens is 1. The van der Waals surface area contributed by atoms with Crippen molar-refractivity contribution in [1.82, 2.24) is 24.6 Å². The molecule has 0 spiro atoms. The number of nitrogens with zero attached hydrogens (tertiary/aromatic N) is 4. The minimum Gasteiger partial charge on any atom is -0.366 e. The van der Waals surface area contributed by atoms with Crippen LogP contribution in [-0.2, 0) is 19.4 Å². The first-order valence-corrected chi connectivity index (χ1v) is 15.8. The number of nitrogens with one attached hydrogen (secondary N) is 1. The van der Waals surface area contributed by atoms with E-state index in [1.165, 1.54) is 6.42 Å². The van der Waals surface area contributed by atoms with E-state index in [9.17, 15) is 9.59 Å². The molecule has 1 unspecified atom stereocenters. The number of aromatic amines is 1. The summed E-state index contributed by atoms with van der Waals surface area (Å²) in [5, 5.41) is 3.87. The van der Waals surface area contributed by atoms with Crippen molar-refractivity contribution in [2.45, 2.75) is 78.7 Å². The van der Waals surface area contributed by atoms with Crippen LogP contribution in [0.2, 0.25) is 0 Å². The smallest absolute Gasteiger partial charge is 0.366 e. The maximum atomic E-state index is 14.3. The third kappa shape index (κ3) is 7.04. The molecule has 0 saturated carbocycles. The molecule has 1 atom stereocenters. The van der Waals surface area contributed by atoms with Gasteiger partial charge in [0.25, 0.3) is 5.56 Å². The molecule has 1 saturated heterocycles. The largest absolute Gasteiger partial charge is 0.439 e. The first-order valence-electron chi connectivity index (χ1n) is 15.4. The summed E-state index contributed by atoms with van der Waals surface area (Å²) in [7, 11) is 0. The maximum absolute atomic E-state index is 14.3. The van der Waals surface area contributed by atoms with Crippen LogP contribution in [0.15, 0.2) is 62.6 Å². The first kappa shape index (κ1) is 30.6. The summed E-state index contributed by atoms with van der Waals surface area (Å²) in [5.74, 6) is 1.36. The van der Waals surface area contributed by atoms with Gasteiger partial charge < -0.3 is 4.90 Å². The van der Waals surface area contributed by atoms with Gasteiger partial charge in [-0.3, -0.25) is 18.9 Å². The Balaban J connectivity index is 1.48. The van der Waals surface area contributed by atoms with Crippen molar-refractivity contribution in [2.24, 2.45) is 5.92 Å². The molecule has 0 bridgehead atoms. The molecule has 1 aliphatic rings. The second-order valence-corrected chi connectivity index (χ2v) is 12.5. The molecular formula is C34H41N5O3S. The molecule has 0 radical (unpaired) electrons. The Bertz CT molecular complexity index is 1690. The molecule has 3 heterocycles. The fourth-order valence-corrected chi connectivity index (χ4v) is 6.24. The molecule has 0 aliphatic carbocycles. The van der Waals surface area contributed by atoms with Crippen LogP contribution < -0.4 is 11.3 Å². The van der Waals surface area contributed by atoms with Gasteiger partial charge in [-0.25, -0.2) is 9.78 Å². The number of aryl methyl sites for hydroxylation is 1. The molecule has 5 rings (SSSR count). The Morgan fingerprint density at radius 2 is 1.86 bits per heavy atom. The molecular weight excluding hydrogens is 558 g/mol. The van der Waals surface area contributed by atoms with Gasteiger partial charge in [0.2, 0.25) is 0 Å². The van der Waals surface area contributed by atoms with Gasteiger partial charge in [0, 0.05) is 37.1 Å². The lowest BCUT2D eigenvalue weighted by Gasteiger charge is -2.33. The molecule has 43 heavy (non-hydrogen) atoms. The highest BCUT2D eigenvalue weighted by molar-refractivity contribution is 7.80. The third-order valence-corrected chi connectivity index (χ3v) is 8.64. The van der Waals surface area contributed by atoms with Gasteiger partial charge in [-0.1, -0.05) is 100 Å². The summed E-state index contributed by atoms with van der Waals surface area (Å²) in [6.07, 6.45) is 5.55. The number of hydrogen-bond donors (Lipinski definition) is 1. The van der Waals surface area contributed by atoms with E-state index < -0.39 is 5.76 Å². The molecule has 2 aromatic carbocycles. The molecule has 1 N–H and O–H groups in total. The fraction of sp³-hybridized carbons (Fsp3) is 0.441. The topological polar surface area (TPSA) is 97.0 Å². The molecule has 4 aromatic rings. The van der Waals surface area contributed by atoms with Crippen molar-refractivity contribution < 1.29 is 4.52 Å². The number of hydrogen-bond acceptors (Lipinski definition) is 6. The Hall–Kier alpha value is -3.85. The lowest BCUT2D eigenvalue weighted by molar-refractivity contribution is 0.274. The molecule has 1 fully saturated rings. The maximum Gasteiger partial charge on any atom is 0.439 e. The highest BCUT2D eigenvalue weighted by atomic mass is 32.1. The van der Waals surface area contributed by atoms with Crippen LogP contribution in [0.5, 0.6) is 0 Å². The zero-order chi connectivity index (χ0) is 30.5. The van der Waals surface area contributed by atoms with Gasteiger partial charge in [-0.15, -0.1) is 0 Å². The Morgan fingerprint density at radius 3 is 2.51 bits per heavy atom. The minimum absolute atomic E-state index is 0.0154. The molecule has 0 amide bonds. The summed E-state index contributed by atoms with van der Waals surface area (Å²) < 4.78 is 6.59. The van der Waals surface area contributed by atoms with E-state index in [0.29, 0.717) is 24.7 Å². The second kappa shape index (κ2) is 13.6. The van der Waals surface area contributed by atoms with Gasteiger partial charge in [-0.2, -0.15) is 0 Å². The Morgan fingerprint density at radius 1 is 1.12 bits per heavy atom. The van der Waals surface area contributed by atoms with Crippen LogP contribution >= 0.6 is 12.2 Å². The number of rotatable bonds is 10. The summed E-state index contributed by atoms with van der Waals surface area (Å²) >= 11 is 5.92. The highest BCUT2D eigenvalue weighted by Gasteiger charge is 2.24. The molecule has 8 nitrogen and oxygen atoms in total. The first-order chi connectivity index (χ1) is 20.7. The monoisotopic (exact) mass is 599 g/mol. The van der Waals surface area contributed by atoms with Crippen LogP contribution in [0.3, 0.4) is 0 Å². The SMILES string of the molecule is CCCCc1nc(C(C)C)c(CC(=S)N2CCCC(C)C2)c(=O)n1Cc1ccc(-c2ccccc2-c2noc(=O)[nH]2)cc1. The van der Waals surface area contributed by atoms with Crippen molar-refractivity contribution in [3.05, 3.63) is 92.1 Å². The number of thiocarbonyl (C=S) groups is 1. The molecule has 2 aromatic heterocycles. The van der Waals surface area contributed by atoms with Crippen LogP contribution in [0.25, 0.3) is 22.5 Å². The lowest BCUT2D eigenvalue weighted by atomic mass is 9.98. The van der Waals surface area contributed by atoms with Crippen molar-refractivity contribution in [1.29, 1.82) is 0 Å². The zero-order valence-electron chi connectivity index (χ0n) is 25.6. The molecule has 226 valence electrons. The van der Waals surface area contributed by atoms with E-state index >= 15 is 0 Å². The van der Waals surface area contributed by atoms with Gasteiger partial charge >= 0.3 is 5.76 Å². The van der Waals surface area contributed by atoms with Crippen LogP contribution in [0.1, 0.15) is 81.9 Å². The summed E-state index contributed by atoms with van der Waals surface area (Å²) in [6, 6.07) is 15.9. The fourth-order valence-electron chi connectivity index (χ4n) is 5.93. The van der Waals surface area contributed by atoms with Crippen molar-refractivity contribution in [2.75, 3.05) is 13.1 Å². The summed E-state index contributed by atoms with van der Waals surface area (Å²) in [5.41, 5.74) is 5.29. The molecule has 9 heteroatoms.